The summed E-state index contributed by atoms with van der Waals surface area (Å²) in [5.74, 6) is -0.548. The van der Waals surface area contributed by atoms with Gasteiger partial charge in [-0.1, -0.05) is 28.9 Å². The first-order valence-corrected chi connectivity index (χ1v) is 6.72. The molecule has 0 fully saturated rings. The van der Waals surface area contributed by atoms with Gasteiger partial charge in [-0.2, -0.15) is 0 Å². The third-order valence-electron chi connectivity index (χ3n) is 1.85. The number of rotatable bonds is 3. The summed E-state index contributed by atoms with van der Waals surface area (Å²) >= 11 is 3.29. The van der Waals surface area contributed by atoms with E-state index in [1.54, 1.807) is 0 Å². The fourth-order valence-corrected chi connectivity index (χ4v) is 2.05. The Labute approximate surface area is 96.7 Å². The fraction of sp³-hybridized carbons (Fsp3) is 0.333. The Bertz CT molecular complexity index is 459. The molecule has 0 radical (unpaired) electrons. The maximum Gasteiger partial charge on any atom is 0.238 e. The lowest BCUT2D eigenvalue weighted by Crippen LogP contribution is -2.13. The predicted octanol–water partition coefficient (Wildman–Crippen LogP) is 1.80. The van der Waals surface area contributed by atoms with E-state index < -0.39 is 15.8 Å². The molecule has 0 aliphatic rings. The van der Waals surface area contributed by atoms with Crippen molar-refractivity contribution in [1.29, 1.82) is 0 Å². The van der Waals surface area contributed by atoms with Gasteiger partial charge in [0.25, 0.3) is 0 Å². The molecule has 0 saturated heterocycles. The lowest BCUT2D eigenvalue weighted by molar-refractivity contribution is 0.587. The van der Waals surface area contributed by atoms with Crippen molar-refractivity contribution >= 4 is 26.0 Å². The Balaban J connectivity index is 3.09. The lowest BCUT2D eigenvalue weighted by atomic mass is 10.1. The van der Waals surface area contributed by atoms with Crippen LogP contribution in [0, 0.1) is 5.82 Å². The number of benzene rings is 1. The van der Waals surface area contributed by atoms with Crippen molar-refractivity contribution in [3.8, 4) is 0 Å². The zero-order chi connectivity index (χ0) is 11.6. The van der Waals surface area contributed by atoms with E-state index in [1.807, 2.05) is 6.92 Å². The highest BCUT2D eigenvalue weighted by Gasteiger charge is 2.12. The van der Waals surface area contributed by atoms with Crippen molar-refractivity contribution in [2.75, 3.05) is 0 Å². The fourth-order valence-electron chi connectivity index (χ4n) is 1.17. The molecule has 84 valence electrons. The van der Waals surface area contributed by atoms with Crippen LogP contribution in [0.5, 0.6) is 0 Å². The Hall–Kier alpha value is -0.460. The van der Waals surface area contributed by atoms with E-state index in [2.05, 4.69) is 15.9 Å². The minimum absolute atomic E-state index is 0.132. The van der Waals surface area contributed by atoms with Gasteiger partial charge in [0.15, 0.2) is 0 Å². The molecule has 0 bridgehead atoms. The monoisotopic (exact) mass is 295 g/mol. The molecule has 1 atom stereocenters. The van der Waals surface area contributed by atoms with E-state index in [0.29, 0.717) is 12.0 Å². The van der Waals surface area contributed by atoms with E-state index in [4.69, 9.17) is 5.14 Å². The zero-order valence-electron chi connectivity index (χ0n) is 8.07. The molecule has 0 aromatic heterocycles. The maximum absolute atomic E-state index is 13.4. The molecule has 0 heterocycles. The van der Waals surface area contributed by atoms with Gasteiger partial charge in [0.1, 0.15) is 5.82 Å². The van der Waals surface area contributed by atoms with Crippen molar-refractivity contribution < 1.29 is 12.8 Å². The van der Waals surface area contributed by atoms with Crippen molar-refractivity contribution in [3.63, 3.8) is 0 Å². The maximum atomic E-state index is 13.4. The second-order valence-corrected chi connectivity index (χ2v) is 6.41. The summed E-state index contributed by atoms with van der Waals surface area (Å²) in [4.78, 5) is -0.0710. The minimum Gasteiger partial charge on any atom is -0.225 e. The van der Waals surface area contributed by atoms with Gasteiger partial charge >= 0.3 is 0 Å². The van der Waals surface area contributed by atoms with Crippen LogP contribution in [0.2, 0.25) is 0 Å². The molecule has 1 rings (SSSR count). The van der Waals surface area contributed by atoms with Gasteiger partial charge in [-0.15, -0.1) is 0 Å². The number of halogens is 2. The second kappa shape index (κ2) is 4.59. The highest BCUT2D eigenvalue weighted by molar-refractivity contribution is 9.09. The second-order valence-electron chi connectivity index (χ2n) is 3.28. The molecular weight excluding hydrogens is 285 g/mol. The molecule has 1 unspecified atom stereocenters. The smallest absolute Gasteiger partial charge is 0.225 e. The summed E-state index contributed by atoms with van der Waals surface area (Å²) in [5.41, 5.74) is 0.465. The van der Waals surface area contributed by atoms with Crippen LogP contribution in [0.15, 0.2) is 23.1 Å². The van der Waals surface area contributed by atoms with E-state index in [-0.39, 0.29) is 9.72 Å². The van der Waals surface area contributed by atoms with E-state index in [0.717, 1.165) is 6.07 Å². The summed E-state index contributed by atoms with van der Waals surface area (Å²) in [7, 11) is -3.82. The molecular formula is C9H11BrFNO2S. The standard InChI is InChI=1S/C9H11BrFNO2S/c1-6(10)4-7-2-3-8(5-9(7)11)15(12,13)14/h2-3,5-6H,4H2,1H3,(H2,12,13,14). The summed E-state index contributed by atoms with van der Waals surface area (Å²) in [5, 5.41) is 4.87. The van der Waals surface area contributed by atoms with Crippen molar-refractivity contribution in [2.45, 2.75) is 23.1 Å². The topological polar surface area (TPSA) is 60.2 Å². The Morgan fingerprint density at radius 2 is 2.13 bits per heavy atom. The normalized spacial score (nSPS) is 13.9. The van der Waals surface area contributed by atoms with Gasteiger partial charge in [-0.3, -0.25) is 0 Å². The van der Waals surface area contributed by atoms with E-state index in [1.165, 1.54) is 12.1 Å². The molecule has 0 saturated carbocycles. The average molecular weight is 296 g/mol. The first-order valence-electron chi connectivity index (χ1n) is 4.26. The molecule has 0 aliphatic heterocycles. The van der Waals surface area contributed by atoms with Gasteiger partial charge < -0.3 is 0 Å². The number of alkyl halides is 1. The summed E-state index contributed by atoms with van der Waals surface area (Å²) < 4.78 is 35.2. The Morgan fingerprint density at radius 3 is 2.53 bits per heavy atom. The third kappa shape index (κ3) is 3.55. The van der Waals surface area contributed by atoms with Gasteiger partial charge in [-0.25, -0.2) is 17.9 Å². The van der Waals surface area contributed by atoms with Gasteiger partial charge in [0, 0.05) is 4.83 Å². The number of primary sulfonamides is 1. The van der Waals surface area contributed by atoms with Crippen LogP contribution < -0.4 is 5.14 Å². The summed E-state index contributed by atoms with van der Waals surface area (Å²) in [6.45, 7) is 1.88. The van der Waals surface area contributed by atoms with E-state index in [9.17, 15) is 12.8 Å². The Morgan fingerprint density at radius 1 is 1.53 bits per heavy atom. The Kier molecular flexibility index (Phi) is 3.86. The van der Waals surface area contributed by atoms with Gasteiger partial charge in [0.05, 0.1) is 4.90 Å². The highest BCUT2D eigenvalue weighted by atomic mass is 79.9. The quantitative estimate of drug-likeness (QED) is 0.865. The summed E-state index contributed by atoms with van der Waals surface area (Å²) in [6, 6.07) is 3.69. The van der Waals surface area contributed by atoms with Gasteiger partial charge in [-0.05, 0) is 24.1 Å². The lowest BCUT2D eigenvalue weighted by Gasteiger charge is -2.06. The van der Waals surface area contributed by atoms with Crippen LogP contribution in [0.25, 0.3) is 0 Å². The average Bonchev–Trinajstić information content (AvgIpc) is 2.05. The minimum atomic E-state index is -3.82. The first-order chi connectivity index (χ1) is 6.80. The molecule has 2 N–H and O–H groups in total. The third-order valence-corrected chi connectivity index (χ3v) is 3.09. The molecule has 0 aliphatic carbocycles. The largest absolute Gasteiger partial charge is 0.238 e. The predicted molar refractivity (Wildman–Crippen MR) is 59.9 cm³/mol. The van der Waals surface area contributed by atoms with Crippen LogP contribution in [0.3, 0.4) is 0 Å². The van der Waals surface area contributed by atoms with Crippen LogP contribution in [-0.2, 0) is 16.4 Å². The number of hydrogen-bond donors (Lipinski definition) is 1. The number of sulfonamides is 1. The van der Waals surface area contributed by atoms with Crippen LogP contribution in [0.4, 0.5) is 4.39 Å². The van der Waals surface area contributed by atoms with Gasteiger partial charge in [0.2, 0.25) is 10.0 Å². The first kappa shape index (κ1) is 12.6. The number of nitrogens with two attached hydrogens (primary N) is 1. The van der Waals surface area contributed by atoms with Crippen LogP contribution in [0.1, 0.15) is 12.5 Å². The van der Waals surface area contributed by atoms with Crippen molar-refractivity contribution in [2.24, 2.45) is 5.14 Å². The molecule has 0 spiro atoms. The number of hydrogen-bond acceptors (Lipinski definition) is 2. The van der Waals surface area contributed by atoms with Crippen molar-refractivity contribution in [1.82, 2.24) is 0 Å². The van der Waals surface area contributed by atoms with Crippen LogP contribution >= 0.6 is 15.9 Å². The van der Waals surface area contributed by atoms with E-state index >= 15 is 0 Å². The van der Waals surface area contributed by atoms with Crippen molar-refractivity contribution in [3.05, 3.63) is 29.6 Å². The molecule has 0 amide bonds. The molecule has 1 aromatic rings. The molecule has 3 nitrogen and oxygen atoms in total. The van der Waals surface area contributed by atoms with Crippen LogP contribution in [-0.4, -0.2) is 13.2 Å². The molecule has 6 heteroatoms. The SMILES string of the molecule is CC(Br)Cc1ccc(S(N)(=O)=O)cc1F. The molecule has 15 heavy (non-hydrogen) atoms. The highest BCUT2D eigenvalue weighted by Crippen LogP contribution is 2.17. The summed E-state index contributed by atoms with van der Waals surface area (Å²) in [6.07, 6.45) is 0.497. The zero-order valence-corrected chi connectivity index (χ0v) is 10.5. The molecule has 1 aromatic carbocycles.